The topological polar surface area (TPSA) is 17.1 Å². The quantitative estimate of drug-likeness (QED) is 0.234. The third-order valence-electron chi connectivity index (χ3n) is 0.660. The van der Waals surface area contributed by atoms with Gasteiger partial charge in [0.15, 0.2) is 0 Å². The van der Waals surface area contributed by atoms with Gasteiger partial charge in [-0.1, -0.05) is 12.0 Å². The average Bonchev–Trinajstić information content (AvgIpc) is 1.80. The van der Waals surface area contributed by atoms with Crippen molar-refractivity contribution in [2.24, 2.45) is 0 Å². The Kier molecular flexibility index (Phi) is 5.64. The highest BCUT2D eigenvalue weighted by Gasteiger charge is 1.79. The molecule has 0 rings (SSSR count). The molecule has 0 atom stereocenters. The standard InChI is InChI=1S/C7H7IO/c1-2-3-4-5-6-7(8)9/h2H,1,3-4H2. The van der Waals surface area contributed by atoms with Crippen LogP contribution >= 0.6 is 22.6 Å². The summed E-state index contributed by atoms with van der Waals surface area (Å²) in [4.78, 5) is 10.2. The van der Waals surface area contributed by atoms with Crippen molar-refractivity contribution in [1.29, 1.82) is 0 Å². The van der Waals surface area contributed by atoms with E-state index in [4.69, 9.17) is 0 Å². The molecule has 0 aromatic carbocycles. The van der Waals surface area contributed by atoms with Crippen LogP contribution in [-0.2, 0) is 4.79 Å². The Morgan fingerprint density at radius 2 is 2.44 bits per heavy atom. The maximum absolute atomic E-state index is 10.2. The van der Waals surface area contributed by atoms with Gasteiger partial charge in [0.25, 0.3) is 3.79 Å². The molecule has 0 saturated heterocycles. The summed E-state index contributed by atoms with van der Waals surface area (Å²) in [6, 6.07) is 0. The van der Waals surface area contributed by atoms with E-state index in [2.05, 4.69) is 18.4 Å². The molecule has 1 nitrogen and oxygen atoms in total. The molecule has 48 valence electrons. The van der Waals surface area contributed by atoms with Gasteiger partial charge in [0.2, 0.25) is 0 Å². The van der Waals surface area contributed by atoms with E-state index in [9.17, 15) is 4.79 Å². The van der Waals surface area contributed by atoms with E-state index >= 15 is 0 Å². The fourth-order valence-corrected chi connectivity index (χ4v) is 0.497. The minimum absolute atomic E-state index is 0.100. The largest absolute Gasteiger partial charge is 0.273 e. The number of rotatable bonds is 2. The van der Waals surface area contributed by atoms with Gasteiger partial charge in [-0.25, -0.2) is 0 Å². The van der Waals surface area contributed by atoms with Crippen molar-refractivity contribution < 1.29 is 4.79 Å². The van der Waals surface area contributed by atoms with Crippen molar-refractivity contribution in [3.05, 3.63) is 12.7 Å². The monoisotopic (exact) mass is 234 g/mol. The van der Waals surface area contributed by atoms with Crippen LogP contribution in [0, 0.1) is 11.8 Å². The Bertz CT molecular complexity index is 161. The highest BCUT2D eigenvalue weighted by Crippen LogP contribution is 1.87. The van der Waals surface area contributed by atoms with E-state index in [0.717, 1.165) is 12.8 Å². The lowest BCUT2D eigenvalue weighted by Crippen LogP contribution is -1.73. The lowest BCUT2D eigenvalue weighted by atomic mass is 10.3. The van der Waals surface area contributed by atoms with Crippen LogP contribution in [0.5, 0.6) is 0 Å². The second-order valence-corrected chi connectivity index (χ2v) is 2.38. The molecule has 0 aromatic heterocycles. The molecule has 2 heteroatoms. The van der Waals surface area contributed by atoms with Crippen molar-refractivity contribution in [2.45, 2.75) is 12.8 Å². The predicted octanol–water partition coefficient (Wildman–Crippen LogP) is 1.92. The SMILES string of the molecule is C=CCCC#CC(=O)I. The van der Waals surface area contributed by atoms with E-state index < -0.39 is 0 Å². The normalized spacial score (nSPS) is 7.22. The van der Waals surface area contributed by atoms with Crippen molar-refractivity contribution >= 4 is 26.4 Å². The smallest absolute Gasteiger partial charge is 0.264 e. The third kappa shape index (κ3) is 7.70. The zero-order valence-corrected chi connectivity index (χ0v) is 7.14. The van der Waals surface area contributed by atoms with Crippen LogP contribution in [0.2, 0.25) is 0 Å². The average molecular weight is 234 g/mol. The molecule has 9 heavy (non-hydrogen) atoms. The predicted molar refractivity (Wildman–Crippen MR) is 46.2 cm³/mol. The number of hydrogen-bond acceptors (Lipinski definition) is 1. The Balaban J connectivity index is 3.37. The number of halogens is 1. The lowest BCUT2D eigenvalue weighted by Gasteiger charge is -1.76. The Hall–Kier alpha value is -0.300. The molecule has 0 aliphatic rings. The second kappa shape index (κ2) is 5.83. The Morgan fingerprint density at radius 3 is 2.89 bits per heavy atom. The van der Waals surface area contributed by atoms with Crippen LogP contribution in [0.1, 0.15) is 12.8 Å². The Morgan fingerprint density at radius 1 is 1.78 bits per heavy atom. The van der Waals surface area contributed by atoms with E-state index in [-0.39, 0.29) is 3.79 Å². The summed E-state index contributed by atoms with van der Waals surface area (Å²) >= 11 is 1.66. The van der Waals surface area contributed by atoms with E-state index in [0.29, 0.717) is 0 Å². The van der Waals surface area contributed by atoms with Gasteiger partial charge in [-0.3, -0.25) is 4.79 Å². The summed E-state index contributed by atoms with van der Waals surface area (Å²) < 4.78 is -0.100. The van der Waals surface area contributed by atoms with Crippen molar-refractivity contribution in [3.8, 4) is 11.8 Å². The summed E-state index contributed by atoms with van der Waals surface area (Å²) in [5.74, 6) is 5.14. The van der Waals surface area contributed by atoms with E-state index in [1.165, 1.54) is 0 Å². The Labute approximate surface area is 68.7 Å². The van der Waals surface area contributed by atoms with Crippen LogP contribution in [0.25, 0.3) is 0 Å². The summed E-state index contributed by atoms with van der Waals surface area (Å²) in [6.07, 6.45) is 3.38. The van der Waals surface area contributed by atoms with Crippen molar-refractivity contribution in [3.63, 3.8) is 0 Å². The molecule has 0 fully saturated rings. The summed E-state index contributed by atoms with van der Waals surface area (Å²) in [6.45, 7) is 3.52. The maximum atomic E-state index is 10.2. The molecule has 0 N–H and O–H groups in total. The molecule has 0 aromatic rings. The number of carbonyl (C=O) groups is 1. The van der Waals surface area contributed by atoms with Gasteiger partial charge in [0.1, 0.15) is 0 Å². The highest BCUT2D eigenvalue weighted by molar-refractivity contribution is 14.1. The third-order valence-corrected chi connectivity index (χ3v) is 0.930. The molecule has 0 aliphatic heterocycles. The van der Waals surface area contributed by atoms with Crippen LogP contribution in [0.15, 0.2) is 12.7 Å². The van der Waals surface area contributed by atoms with Gasteiger partial charge in [-0.15, -0.1) is 6.58 Å². The number of allylic oxidation sites excluding steroid dienone is 1. The molecule has 0 heterocycles. The van der Waals surface area contributed by atoms with Crippen molar-refractivity contribution in [2.75, 3.05) is 0 Å². The molecule has 0 bridgehead atoms. The van der Waals surface area contributed by atoms with Gasteiger partial charge in [-0.2, -0.15) is 0 Å². The van der Waals surface area contributed by atoms with Gasteiger partial charge < -0.3 is 0 Å². The molecule has 0 radical (unpaired) electrons. The second-order valence-electron chi connectivity index (χ2n) is 1.40. The summed E-state index contributed by atoms with van der Waals surface area (Å²) in [5, 5.41) is 0. The molecular formula is C7H7IO. The van der Waals surface area contributed by atoms with Crippen LogP contribution in [0.3, 0.4) is 0 Å². The molecule has 0 unspecified atom stereocenters. The first-order valence-electron chi connectivity index (χ1n) is 2.56. The number of carbonyl (C=O) groups excluding carboxylic acids is 1. The zero-order chi connectivity index (χ0) is 7.11. The maximum Gasteiger partial charge on any atom is 0.264 e. The molecular weight excluding hydrogens is 227 g/mol. The van der Waals surface area contributed by atoms with Gasteiger partial charge in [-0.05, 0) is 12.3 Å². The summed E-state index contributed by atoms with van der Waals surface area (Å²) in [7, 11) is 0. The fourth-order valence-electron chi connectivity index (χ4n) is 0.306. The molecule has 0 saturated carbocycles. The highest BCUT2D eigenvalue weighted by atomic mass is 127. The molecule has 0 spiro atoms. The minimum atomic E-state index is -0.100. The van der Waals surface area contributed by atoms with E-state index in [1.54, 1.807) is 28.7 Å². The van der Waals surface area contributed by atoms with Crippen LogP contribution in [0.4, 0.5) is 0 Å². The first-order chi connectivity index (χ1) is 4.27. The van der Waals surface area contributed by atoms with Gasteiger partial charge in [0.05, 0.1) is 0 Å². The first kappa shape index (κ1) is 8.70. The minimum Gasteiger partial charge on any atom is -0.273 e. The van der Waals surface area contributed by atoms with Crippen molar-refractivity contribution in [1.82, 2.24) is 0 Å². The van der Waals surface area contributed by atoms with Crippen LogP contribution in [-0.4, -0.2) is 3.79 Å². The van der Waals surface area contributed by atoms with Crippen LogP contribution < -0.4 is 0 Å². The lowest BCUT2D eigenvalue weighted by molar-refractivity contribution is -0.104. The first-order valence-corrected chi connectivity index (χ1v) is 3.64. The zero-order valence-electron chi connectivity index (χ0n) is 4.98. The van der Waals surface area contributed by atoms with Gasteiger partial charge in [0, 0.05) is 29.0 Å². The molecule has 0 amide bonds. The van der Waals surface area contributed by atoms with Gasteiger partial charge >= 0.3 is 0 Å². The van der Waals surface area contributed by atoms with E-state index in [1.807, 2.05) is 0 Å². The molecule has 0 aliphatic carbocycles. The number of unbranched alkanes of at least 4 members (excludes halogenated alkanes) is 1. The summed E-state index contributed by atoms with van der Waals surface area (Å²) in [5.41, 5.74) is 0. The number of hydrogen-bond donors (Lipinski definition) is 0. The fraction of sp³-hybridized carbons (Fsp3) is 0.286.